The Morgan fingerprint density at radius 3 is 2.48 bits per heavy atom. The van der Waals surface area contributed by atoms with Crippen molar-refractivity contribution < 1.29 is 14.3 Å². The Morgan fingerprint density at radius 1 is 0.966 bits per heavy atom. The minimum Gasteiger partial charge on any atom is -0.494 e. The van der Waals surface area contributed by atoms with Crippen LogP contribution in [0.3, 0.4) is 0 Å². The predicted molar refractivity (Wildman–Crippen MR) is 117 cm³/mol. The Kier molecular flexibility index (Phi) is 7.81. The number of carbonyl (C=O) groups is 1. The fourth-order valence-electron chi connectivity index (χ4n) is 2.95. The summed E-state index contributed by atoms with van der Waals surface area (Å²) >= 11 is 0. The van der Waals surface area contributed by atoms with E-state index in [2.05, 4.69) is 11.9 Å². The summed E-state index contributed by atoms with van der Waals surface area (Å²) in [5, 5.41) is 0. The van der Waals surface area contributed by atoms with Crippen molar-refractivity contribution in [1.82, 2.24) is 0 Å². The molecule has 29 heavy (non-hydrogen) atoms. The summed E-state index contributed by atoms with van der Waals surface area (Å²) in [4.78, 5) is 16.4. The first-order chi connectivity index (χ1) is 14.3. The monoisotopic (exact) mass is 389 g/mol. The van der Waals surface area contributed by atoms with Crippen LogP contribution in [0.25, 0.3) is 6.08 Å². The molecule has 2 aromatic carbocycles. The second-order valence-electron chi connectivity index (χ2n) is 6.92. The number of cyclic esters (lactones) is 1. The quantitative estimate of drug-likeness (QED) is 0.287. The third-order valence-electron chi connectivity index (χ3n) is 4.58. The Balaban J connectivity index is 1.55. The number of esters is 1. The zero-order chi connectivity index (χ0) is 20.3. The van der Waals surface area contributed by atoms with Gasteiger partial charge < -0.3 is 9.47 Å². The van der Waals surface area contributed by atoms with Crippen LogP contribution in [0.5, 0.6) is 5.75 Å². The number of carbonyl (C=O) groups excluding carboxylic acids is 1. The molecule has 4 nitrogen and oxygen atoms in total. The van der Waals surface area contributed by atoms with Gasteiger partial charge in [-0.2, -0.15) is 0 Å². The van der Waals surface area contributed by atoms with Gasteiger partial charge in [0.05, 0.1) is 6.61 Å². The highest BCUT2D eigenvalue weighted by molar-refractivity contribution is 6.11. The Morgan fingerprint density at radius 2 is 1.72 bits per heavy atom. The number of benzene rings is 2. The number of hydrogen-bond acceptors (Lipinski definition) is 4. The molecule has 0 aliphatic carbocycles. The number of hydrogen-bond donors (Lipinski definition) is 0. The molecule has 150 valence electrons. The Bertz CT molecular complexity index is 880. The van der Waals surface area contributed by atoms with Gasteiger partial charge in [-0.3, -0.25) is 0 Å². The lowest BCUT2D eigenvalue weighted by Gasteiger charge is -2.07. The van der Waals surface area contributed by atoms with Crippen molar-refractivity contribution >= 4 is 17.9 Å². The normalized spacial score (nSPS) is 15.0. The second kappa shape index (κ2) is 11.0. The first kappa shape index (κ1) is 20.6. The molecule has 0 N–H and O–H groups in total. The summed E-state index contributed by atoms with van der Waals surface area (Å²) in [6.07, 6.45) is 11.4. The third kappa shape index (κ3) is 6.46. The number of unbranched alkanes of at least 4 members (excludes halogenated alkanes) is 4. The number of rotatable bonds is 10. The van der Waals surface area contributed by atoms with E-state index in [1.165, 1.54) is 25.7 Å². The summed E-state index contributed by atoms with van der Waals surface area (Å²) in [5.74, 6) is 0.696. The molecule has 0 atom stereocenters. The van der Waals surface area contributed by atoms with E-state index in [0.29, 0.717) is 11.6 Å². The van der Waals surface area contributed by atoms with Crippen LogP contribution in [-0.2, 0) is 9.53 Å². The van der Waals surface area contributed by atoms with E-state index in [1.54, 1.807) is 12.2 Å². The van der Waals surface area contributed by atoms with Crippen LogP contribution in [0.1, 0.15) is 50.2 Å². The lowest BCUT2D eigenvalue weighted by Crippen LogP contribution is -2.05. The Hall–Kier alpha value is -3.14. The molecule has 0 radical (unpaired) electrons. The highest BCUT2D eigenvalue weighted by atomic mass is 16.6. The predicted octanol–water partition coefficient (Wildman–Crippen LogP) is 5.94. The highest BCUT2D eigenvalue weighted by Gasteiger charge is 2.23. The zero-order valence-corrected chi connectivity index (χ0v) is 16.8. The molecular weight excluding hydrogens is 362 g/mol. The molecule has 0 fully saturated rings. The van der Waals surface area contributed by atoms with E-state index >= 15 is 0 Å². The lowest BCUT2D eigenvalue weighted by molar-refractivity contribution is -0.130. The van der Waals surface area contributed by atoms with Gasteiger partial charge in [-0.05, 0) is 42.3 Å². The summed E-state index contributed by atoms with van der Waals surface area (Å²) in [6.45, 7) is 2.93. The number of allylic oxidation sites excluding steroid dienone is 2. The van der Waals surface area contributed by atoms with Crippen LogP contribution >= 0.6 is 0 Å². The maximum atomic E-state index is 12.1. The van der Waals surface area contributed by atoms with Crippen molar-refractivity contribution in [3.63, 3.8) is 0 Å². The molecule has 0 bridgehead atoms. The van der Waals surface area contributed by atoms with Crippen LogP contribution in [0.15, 0.2) is 77.4 Å². The molecule has 0 saturated heterocycles. The first-order valence-electron chi connectivity index (χ1n) is 10.2. The number of aliphatic imine (C=N–C) groups is 1. The maximum Gasteiger partial charge on any atom is 0.363 e. The van der Waals surface area contributed by atoms with E-state index in [1.807, 2.05) is 60.7 Å². The van der Waals surface area contributed by atoms with E-state index in [4.69, 9.17) is 9.47 Å². The summed E-state index contributed by atoms with van der Waals surface area (Å²) in [6, 6.07) is 17.4. The standard InChI is InChI=1S/C25H27NO3/c1-2-3-4-5-9-19-28-22-17-15-21(16-18-22)24-26-23(25(27)29-24)14-10-13-20-11-7-6-8-12-20/h6-8,10-18H,2-5,9,19H2,1H3. The van der Waals surface area contributed by atoms with Crippen LogP contribution < -0.4 is 4.74 Å². The molecule has 1 aliphatic rings. The van der Waals surface area contributed by atoms with Gasteiger partial charge in [0.15, 0.2) is 5.70 Å². The fourth-order valence-corrected chi connectivity index (χ4v) is 2.95. The molecule has 3 rings (SSSR count). The molecule has 1 heterocycles. The van der Waals surface area contributed by atoms with E-state index in [9.17, 15) is 4.79 Å². The van der Waals surface area contributed by atoms with Gasteiger partial charge in [0.25, 0.3) is 0 Å². The van der Waals surface area contributed by atoms with Gasteiger partial charge in [0, 0.05) is 5.56 Å². The number of nitrogens with zero attached hydrogens (tertiary/aromatic N) is 1. The highest BCUT2D eigenvalue weighted by Crippen LogP contribution is 2.19. The van der Waals surface area contributed by atoms with Gasteiger partial charge >= 0.3 is 5.97 Å². The Labute approximate surface area is 172 Å². The zero-order valence-electron chi connectivity index (χ0n) is 16.8. The van der Waals surface area contributed by atoms with Crippen LogP contribution in [0.2, 0.25) is 0 Å². The molecular formula is C25H27NO3. The molecule has 0 saturated carbocycles. The first-order valence-corrected chi connectivity index (χ1v) is 10.2. The van der Waals surface area contributed by atoms with Crippen molar-refractivity contribution in [3.8, 4) is 5.75 Å². The SMILES string of the molecule is CCCCCCCOc1ccc(C2=NC(=CC=Cc3ccccc3)C(=O)O2)cc1. The largest absolute Gasteiger partial charge is 0.494 e. The average molecular weight is 389 g/mol. The molecule has 2 aromatic rings. The summed E-state index contributed by atoms with van der Waals surface area (Å²) in [7, 11) is 0. The van der Waals surface area contributed by atoms with Gasteiger partial charge in [0.2, 0.25) is 5.90 Å². The van der Waals surface area contributed by atoms with Crippen molar-refractivity contribution in [2.24, 2.45) is 4.99 Å². The minimum atomic E-state index is -0.440. The average Bonchev–Trinajstić information content (AvgIpc) is 3.12. The minimum absolute atomic E-state index is 0.291. The topological polar surface area (TPSA) is 47.9 Å². The maximum absolute atomic E-state index is 12.1. The van der Waals surface area contributed by atoms with Gasteiger partial charge in [-0.15, -0.1) is 0 Å². The second-order valence-corrected chi connectivity index (χ2v) is 6.92. The smallest absolute Gasteiger partial charge is 0.363 e. The van der Waals surface area contributed by atoms with Crippen LogP contribution in [0, 0.1) is 0 Å². The molecule has 0 amide bonds. The fraction of sp³-hybridized carbons (Fsp3) is 0.280. The van der Waals surface area contributed by atoms with Crippen LogP contribution in [-0.4, -0.2) is 18.5 Å². The van der Waals surface area contributed by atoms with Crippen molar-refractivity contribution in [2.75, 3.05) is 6.61 Å². The van der Waals surface area contributed by atoms with Gasteiger partial charge in [0.1, 0.15) is 5.75 Å². The van der Waals surface area contributed by atoms with Gasteiger partial charge in [-0.1, -0.05) is 75.1 Å². The summed E-state index contributed by atoms with van der Waals surface area (Å²) in [5.41, 5.74) is 2.10. The number of ether oxygens (including phenoxy) is 2. The van der Waals surface area contributed by atoms with E-state index < -0.39 is 5.97 Å². The van der Waals surface area contributed by atoms with Crippen molar-refractivity contribution in [1.29, 1.82) is 0 Å². The van der Waals surface area contributed by atoms with Crippen LogP contribution in [0.4, 0.5) is 0 Å². The van der Waals surface area contributed by atoms with Gasteiger partial charge in [-0.25, -0.2) is 9.79 Å². The van der Waals surface area contributed by atoms with Crippen molar-refractivity contribution in [2.45, 2.75) is 39.0 Å². The third-order valence-corrected chi connectivity index (χ3v) is 4.58. The lowest BCUT2D eigenvalue weighted by atomic mass is 10.2. The van der Waals surface area contributed by atoms with E-state index in [-0.39, 0.29) is 0 Å². The molecule has 1 aliphatic heterocycles. The summed E-state index contributed by atoms with van der Waals surface area (Å²) < 4.78 is 11.1. The van der Waals surface area contributed by atoms with Crippen molar-refractivity contribution in [3.05, 3.63) is 83.6 Å². The van der Waals surface area contributed by atoms with E-state index in [0.717, 1.165) is 29.9 Å². The molecule has 0 spiro atoms. The molecule has 0 aromatic heterocycles. The molecule has 0 unspecified atom stereocenters. The molecule has 4 heteroatoms.